The summed E-state index contributed by atoms with van der Waals surface area (Å²) >= 11 is 5.53. The van der Waals surface area contributed by atoms with E-state index in [1.54, 1.807) is 7.11 Å². The molecule has 4 heteroatoms. The first-order valence-electron chi connectivity index (χ1n) is 7.33. The molecule has 0 heterocycles. The molecule has 2 aromatic rings. The van der Waals surface area contributed by atoms with Crippen molar-refractivity contribution in [3.63, 3.8) is 0 Å². The summed E-state index contributed by atoms with van der Waals surface area (Å²) in [5.74, 6) is 0. The monoisotopic (exact) mass is 314 g/mol. The van der Waals surface area contributed by atoms with E-state index in [2.05, 4.69) is 58.7 Å². The Morgan fingerprint density at radius 1 is 1.05 bits per heavy atom. The van der Waals surface area contributed by atoms with Gasteiger partial charge in [-0.05, 0) is 23.3 Å². The van der Waals surface area contributed by atoms with Crippen LogP contribution in [0.4, 0.5) is 0 Å². The van der Waals surface area contributed by atoms with Crippen LogP contribution in [0.25, 0.3) is 0 Å². The standard InChI is InChI=1S/C18H22N2OS/c1-20(18(22)19-13-14-21-2)17(15-9-5-3-6-10-15)16-11-7-4-8-12-16/h3-12,17H,13-14H2,1-2H3,(H,19,22). The van der Waals surface area contributed by atoms with Gasteiger partial charge in [0.05, 0.1) is 12.6 Å². The van der Waals surface area contributed by atoms with Crippen molar-refractivity contribution in [3.05, 3.63) is 71.8 Å². The highest BCUT2D eigenvalue weighted by atomic mass is 32.1. The zero-order chi connectivity index (χ0) is 15.8. The largest absolute Gasteiger partial charge is 0.383 e. The molecule has 2 rings (SSSR count). The minimum atomic E-state index is 0.0879. The van der Waals surface area contributed by atoms with E-state index in [0.717, 1.165) is 5.11 Å². The lowest BCUT2D eigenvalue weighted by molar-refractivity contribution is 0.203. The van der Waals surface area contributed by atoms with Crippen LogP contribution in [-0.4, -0.2) is 37.3 Å². The van der Waals surface area contributed by atoms with Gasteiger partial charge in [-0.25, -0.2) is 0 Å². The molecule has 0 amide bonds. The van der Waals surface area contributed by atoms with Crippen LogP contribution in [0.15, 0.2) is 60.7 Å². The van der Waals surface area contributed by atoms with Crippen LogP contribution in [0.2, 0.25) is 0 Å². The SMILES string of the molecule is COCCNC(=S)N(C)C(c1ccccc1)c1ccccc1. The summed E-state index contributed by atoms with van der Waals surface area (Å²) in [6.45, 7) is 1.34. The van der Waals surface area contributed by atoms with E-state index in [1.165, 1.54) is 11.1 Å². The maximum atomic E-state index is 5.53. The molecule has 116 valence electrons. The van der Waals surface area contributed by atoms with Crippen molar-refractivity contribution in [2.45, 2.75) is 6.04 Å². The predicted molar refractivity (Wildman–Crippen MR) is 95.0 cm³/mol. The molecule has 0 spiro atoms. The van der Waals surface area contributed by atoms with Crippen molar-refractivity contribution >= 4 is 17.3 Å². The molecule has 0 unspecified atom stereocenters. The highest BCUT2D eigenvalue weighted by Gasteiger charge is 2.20. The Balaban J connectivity index is 2.23. The van der Waals surface area contributed by atoms with Gasteiger partial charge in [-0.2, -0.15) is 0 Å². The van der Waals surface area contributed by atoms with Crippen molar-refractivity contribution in [2.24, 2.45) is 0 Å². The van der Waals surface area contributed by atoms with Crippen LogP contribution < -0.4 is 5.32 Å². The fourth-order valence-corrected chi connectivity index (χ4v) is 2.62. The Morgan fingerprint density at radius 2 is 1.55 bits per heavy atom. The quantitative estimate of drug-likeness (QED) is 0.653. The minimum absolute atomic E-state index is 0.0879. The van der Waals surface area contributed by atoms with E-state index in [9.17, 15) is 0 Å². The third-order valence-corrected chi connectivity index (χ3v) is 3.95. The molecule has 0 fully saturated rings. The Labute approximate surface area is 137 Å². The van der Waals surface area contributed by atoms with E-state index >= 15 is 0 Å². The van der Waals surface area contributed by atoms with E-state index in [-0.39, 0.29) is 6.04 Å². The lowest BCUT2D eigenvalue weighted by atomic mass is 9.98. The van der Waals surface area contributed by atoms with Crippen LogP contribution in [-0.2, 0) is 4.74 Å². The summed E-state index contributed by atoms with van der Waals surface area (Å²) in [7, 11) is 3.71. The number of benzene rings is 2. The topological polar surface area (TPSA) is 24.5 Å². The van der Waals surface area contributed by atoms with Crippen LogP contribution in [0.5, 0.6) is 0 Å². The number of hydrogen-bond acceptors (Lipinski definition) is 2. The number of methoxy groups -OCH3 is 1. The Hall–Kier alpha value is -1.91. The fraction of sp³-hybridized carbons (Fsp3) is 0.278. The molecule has 0 aliphatic carbocycles. The van der Waals surface area contributed by atoms with Gasteiger partial charge in [0.15, 0.2) is 5.11 Å². The van der Waals surface area contributed by atoms with Crippen LogP contribution in [0.3, 0.4) is 0 Å². The van der Waals surface area contributed by atoms with Gasteiger partial charge in [-0.3, -0.25) is 0 Å². The van der Waals surface area contributed by atoms with Crippen LogP contribution in [0.1, 0.15) is 17.2 Å². The normalized spacial score (nSPS) is 10.5. The van der Waals surface area contributed by atoms with E-state index in [0.29, 0.717) is 13.2 Å². The average Bonchev–Trinajstić information content (AvgIpc) is 2.57. The second kappa shape index (κ2) is 8.51. The van der Waals surface area contributed by atoms with Crippen molar-refractivity contribution in [1.82, 2.24) is 10.2 Å². The molecule has 3 nitrogen and oxygen atoms in total. The molecular weight excluding hydrogens is 292 g/mol. The number of nitrogens with zero attached hydrogens (tertiary/aromatic N) is 1. The first-order chi connectivity index (χ1) is 10.7. The third-order valence-electron chi connectivity index (χ3n) is 3.52. The zero-order valence-corrected chi connectivity index (χ0v) is 13.8. The summed E-state index contributed by atoms with van der Waals surface area (Å²) in [6, 6.07) is 20.9. The number of hydrogen-bond donors (Lipinski definition) is 1. The van der Waals surface area contributed by atoms with E-state index < -0.39 is 0 Å². The smallest absolute Gasteiger partial charge is 0.169 e. The van der Waals surface area contributed by atoms with Crippen molar-refractivity contribution in [1.29, 1.82) is 0 Å². The summed E-state index contributed by atoms with van der Waals surface area (Å²) in [4.78, 5) is 2.09. The Kier molecular flexibility index (Phi) is 6.37. The number of ether oxygens (including phenoxy) is 1. The van der Waals surface area contributed by atoms with Gasteiger partial charge in [0, 0.05) is 20.7 Å². The molecule has 0 aliphatic rings. The molecule has 1 N–H and O–H groups in total. The lowest BCUT2D eigenvalue weighted by Gasteiger charge is -2.31. The molecule has 0 saturated heterocycles. The second-order valence-electron chi connectivity index (χ2n) is 5.06. The molecule has 0 radical (unpaired) electrons. The van der Waals surface area contributed by atoms with Crippen molar-refractivity contribution in [3.8, 4) is 0 Å². The maximum absolute atomic E-state index is 5.53. The minimum Gasteiger partial charge on any atom is -0.383 e. The Morgan fingerprint density at radius 3 is 2.00 bits per heavy atom. The third kappa shape index (κ3) is 4.29. The molecular formula is C18H22N2OS. The molecule has 2 aromatic carbocycles. The first-order valence-corrected chi connectivity index (χ1v) is 7.74. The van der Waals surface area contributed by atoms with E-state index in [1.807, 2.05) is 19.2 Å². The van der Waals surface area contributed by atoms with Gasteiger partial charge in [0.2, 0.25) is 0 Å². The summed E-state index contributed by atoms with van der Waals surface area (Å²) in [5.41, 5.74) is 2.43. The van der Waals surface area contributed by atoms with Gasteiger partial charge in [0.25, 0.3) is 0 Å². The van der Waals surface area contributed by atoms with Crippen LogP contribution in [0, 0.1) is 0 Å². The number of thiocarbonyl (C=S) groups is 1. The zero-order valence-electron chi connectivity index (χ0n) is 13.0. The molecule has 22 heavy (non-hydrogen) atoms. The molecule has 0 aromatic heterocycles. The van der Waals surface area contributed by atoms with Crippen LogP contribution >= 0.6 is 12.2 Å². The van der Waals surface area contributed by atoms with Gasteiger partial charge >= 0.3 is 0 Å². The summed E-state index contributed by atoms with van der Waals surface area (Å²) in [6.07, 6.45) is 0. The maximum Gasteiger partial charge on any atom is 0.169 e. The first kappa shape index (κ1) is 16.5. The molecule has 0 saturated carbocycles. The lowest BCUT2D eigenvalue weighted by Crippen LogP contribution is -2.41. The van der Waals surface area contributed by atoms with Crippen molar-refractivity contribution in [2.75, 3.05) is 27.3 Å². The number of rotatable bonds is 6. The summed E-state index contributed by atoms with van der Waals surface area (Å²) in [5, 5.41) is 3.95. The highest BCUT2D eigenvalue weighted by Crippen LogP contribution is 2.27. The van der Waals surface area contributed by atoms with Gasteiger partial charge < -0.3 is 15.0 Å². The summed E-state index contributed by atoms with van der Waals surface area (Å²) < 4.78 is 5.06. The number of nitrogens with one attached hydrogen (secondary N) is 1. The van der Waals surface area contributed by atoms with E-state index in [4.69, 9.17) is 17.0 Å². The predicted octanol–water partition coefficient (Wildman–Crippen LogP) is 3.23. The van der Waals surface area contributed by atoms with Crippen molar-refractivity contribution < 1.29 is 4.74 Å². The van der Waals surface area contributed by atoms with Gasteiger partial charge in [-0.1, -0.05) is 60.7 Å². The van der Waals surface area contributed by atoms with Gasteiger partial charge in [-0.15, -0.1) is 0 Å². The molecule has 0 aliphatic heterocycles. The second-order valence-corrected chi connectivity index (χ2v) is 5.45. The molecule has 0 atom stereocenters. The van der Waals surface area contributed by atoms with Gasteiger partial charge in [0.1, 0.15) is 0 Å². The fourth-order valence-electron chi connectivity index (χ4n) is 2.41. The highest BCUT2D eigenvalue weighted by molar-refractivity contribution is 7.80. The Bertz CT molecular complexity index is 535. The molecule has 0 bridgehead atoms. The average molecular weight is 314 g/mol.